The quantitative estimate of drug-likeness (QED) is 0.719. The number of anilines is 1. The molecule has 0 fully saturated rings. The lowest BCUT2D eigenvalue weighted by atomic mass is 10.1. The van der Waals surface area contributed by atoms with Crippen molar-refractivity contribution in [1.82, 2.24) is 4.98 Å². The molecule has 0 aliphatic rings. The Balaban J connectivity index is 1.89. The van der Waals surface area contributed by atoms with Gasteiger partial charge in [-0.05, 0) is 34.1 Å². The average Bonchev–Trinajstić information content (AvgIpc) is 2.49. The maximum absolute atomic E-state index is 13.5. The van der Waals surface area contributed by atoms with Gasteiger partial charge in [0.2, 0.25) is 0 Å². The van der Waals surface area contributed by atoms with E-state index in [0.717, 1.165) is 16.5 Å². The molecule has 0 spiro atoms. The van der Waals surface area contributed by atoms with E-state index in [9.17, 15) is 4.39 Å². The Hall–Kier alpha value is -2.14. The van der Waals surface area contributed by atoms with Crippen molar-refractivity contribution < 1.29 is 9.13 Å². The van der Waals surface area contributed by atoms with Crippen molar-refractivity contribution in [3.05, 3.63) is 64.5 Å². The minimum Gasteiger partial charge on any atom is -0.487 e. The minimum atomic E-state index is -0.404. The zero-order chi connectivity index (χ0) is 14.8. The lowest BCUT2D eigenvalue weighted by Gasteiger charge is -2.11. The van der Waals surface area contributed by atoms with Crippen molar-refractivity contribution in [1.29, 1.82) is 0 Å². The van der Waals surface area contributed by atoms with E-state index in [4.69, 9.17) is 10.5 Å². The summed E-state index contributed by atoms with van der Waals surface area (Å²) in [4.78, 5) is 4.29. The summed E-state index contributed by atoms with van der Waals surface area (Å²) in [5.41, 5.74) is 8.10. The minimum absolute atomic E-state index is 0.300. The van der Waals surface area contributed by atoms with Crippen molar-refractivity contribution in [2.45, 2.75) is 6.61 Å². The van der Waals surface area contributed by atoms with E-state index in [2.05, 4.69) is 20.9 Å². The fraction of sp³-hybridized carbons (Fsp3) is 0.0625. The molecule has 5 heteroatoms. The van der Waals surface area contributed by atoms with Gasteiger partial charge in [0, 0.05) is 23.2 Å². The number of hydrogen-bond acceptors (Lipinski definition) is 3. The number of rotatable bonds is 3. The molecule has 21 heavy (non-hydrogen) atoms. The van der Waals surface area contributed by atoms with Crippen LogP contribution in [0.15, 0.2) is 53.1 Å². The van der Waals surface area contributed by atoms with Crippen LogP contribution in [0.2, 0.25) is 0 Å². The number of para-hydroxylation sites is 1. The summed E-state index contributed by atoms with van der Waals surface area (Å²) in [7, 11) is 0. The standard InChI is InChI=1S/C16H12BrFN2O/c17-12-7-14(19)16(8-13(12)18)21-9-10-5-6-20-15-4-2-1-3-11(10)15/h1-8H,9,19H2. The Labute approximate surface area is 129 Å². The Morgan fingerprint density at radius 2 is 2.00 bits per heavy atom. The van der Waals surface area contributed by atoms with E-state index in [1.165, 1.54) is 12.1 Å². The first kappa shape index (κ1) is 13.8. The maximum Gasteiger partial charge on any atom is 0.145 e. The summed E-state index contributed by atoms with van der Waals surface area (Å²) in [5.74, 6) is -0.0737. The van der Waals surface area contributed by atoms with E-state index in [-0.39, 0.29) is 0 Å². The van der Waals surface area contributed by atoms with Crippen LogP contribution in [0.3, 0.4) is 0 Å². The number of fused-ring (bicyclic) bond motifs is 1. The first-order valence-corrected chi connectivity index (χ1v) is 7.14. The molecule has 0 radical (unpaired) electrons. The van der Waals surface area contributed by atoms with Crippen molar-refractivity contribution in [3.63, 3.8) is 0 Å². The van der Waals surface area contributed by atoms with Crippen LogP contribution in [0.1, 0.15) is 5.56 Å². The monoisotopic (exact) mass is 346 g/mol. The van der Waals surface area contributed by atoms with Crippen LogP contribution in [0.5, 0.6) is 5.75 Å². The van der Waals surface area contributed by atoms with E-state index >= 15 is 0 Å². The molecule has 2 N–H and O–H groups in total. The lowest BCUT2D eigenvalue weighted by Crippen LogP contribution is -2.00. The molecule has 1 heterocycles. The number of hydrogen-bond donors (Lipinski definition) is 1. The van der Waals surface area contributed by atoms with Crippen LogP contribution in [0, 0.1) is 5.82 Å². The highest BCUT2D eigenvalue weighted by atomic mass is 79.9. The number of pyridine rings is 1. The Kier molecular flexibility index (Phi) is 3.75. The van der Waals surface area contributed by atoms with Gasteiger partial charge in [-0.15, -0.1) is 0 Å². The van der Waals surface area contributed by atoms with Gasteiger partial charge >= 0.3 is 0 Å². The number of benzene rings is 2. The molecule has 0 aliphatic heterocycles. The van der Waals surface area contributed by atoms with Crippen molar-refractivity contribution >= 4 is 32.5 Å². The van der Waals surface area contributed by atoms with Crippen molar-refractivity contribution in [2.75, 3.05) is 5.73 Å². The van der Waals surface area contributed by atoms with Crippen LogP contribution in [-0.2, 0) is 6.61 Å². The predicted octanol–water partition coefficient (Wildman–Crippen LogP) is 4.30. The molecule has 0 saturated carbocycles. The van der Waals surface area contributed by atoms with Gasteiger partial charge in [0.15, 0.2) is 0 Å². The number of halogens is 2. The van der Waals surface area contributed by atoms with Crippen LogP contribution in [-0.4, -0.2) is 4.98 Å². The SMILES string of the molecule is Nc1cc(Br)c(F)cc1OCc1ccnc2ccccc12. The number of nitrogen functional groups attached to an aromatic ring is 1. The van der Waals surface area contributed by atoms with E-state index in [1.54, 1.807) is 6.20 Å². The molecular weight excluding hydrogens is 335 g/mol. The van der Waals surface area contributed by atoms with Gasteiger partial charge in [-0.3, -0.25) is 4.98 Å². The zero-order valence-corrected chi connectivity index (χ0v) is 12.6. The molecule has 0 aliphatic carbocycles. The van der Waals surface area contributed by atoms with Crippen molar-refractivity contribution in [2.24, 2.45) is 0 Å². The number of ether oxygens (including phenoxy) is 1. The fourth-order valence-corrected chi connectivity index (χ4v) is 2.47. The summed E-state index contributed by atoms with van der Waals surface area (Å²) >= 11 is 3.09. The van der Waals surface area contributed by atoms with Gasteiger partial charge in [0.1, 0.15) is 18.2 Å². The average molecular weight is 347 g/mol. The second-order valence-corrected chi connectivity index (χ2v) is 5.43. The second kappa shape index (κ2) is 5.69. The molecule has 3 rings (SSSR count). The van der Waals surface area contributed by atoms with Gasteiger partial charge in [-0.25, -0.2) is 4.39 Å². The molecule has 3 aromatic rings. The first-order valence-electron chi connectivity index (χ1n) is 6.35. The van der Waals surface area contributed by atoms with Crippen LogP contribution < -0.4 is 10.5 Å². The largest absolute Gasteiger partial charge is 0.487 e. The van der Waals surface area contributed by atoms with Crippen LogP contribution >= 0.6 is 15.9 Å². The molecule has 1 aromatic heterocycles. The van der Waals surface area contributed by atoms with Gasteiger partial charge in [0.25, 0.3) is 0 Å². The summed E-state index contributed by atoms with van der Waals surface area (Å²) in [6.45, 7) is 0.300. The zero-order valence-electron chi connectivity index (χ0n) is 11.0. The highest BCUT2D eigenvalue weighted by Gasteiger charge is 2.08. The summed E-state index contributed by atoms with van der Waals surface area (Å²) < 4.78 is 19.5. The van der Waals surface area contributed by atoms with Gasteiger partial charge in [0.05, 0.1) is 15.7 Å². The normalized spacial score (nSPS) is 10.8. The van der Waals surface area contributed by atoms with Gasteiger partial charge in [-0.1, -0.05) is 18.2 Å². The number of nitrogens with zero attached hydrogens (tertiary/aromatic N) is 1. The third-order valence-electron chi connectivity index (χ3n) is 3.18. The fourth-order valence-electron chi connectivity index (χ4n) is 2.11. The van der Waals surface area contributed by atoms with Crippen LogP contribution in [0.4, 0.5) is 10.1 Å². The second-order valence-electron chi connectivity index (χ2n) is 4.58. The summed E-state index contributed by atoms with van der Waals surface area (Å²) in [5, 5.41) is 1.01. The maximum atomic E-state index is 13.5. The molecule has 0 unspecified atom stereocenters. The van der Waals surface area contributed by atoms with Gasteiger partial charge < -0.3 is 10.5 Å². The van der Waals surface area contributed by atoms with E-state index in [1.807, 2.05) is 30.3 Å². The molecule has 2 aromatic carbocycles. The van der Waals surface area contributed by atoms with E-state index < -0.39 is 5.82 Å². The molecule has 0 atom stereocenters. The lowest BCUT2D eigenvalue weighted by molar-refractivity contribution is 0.307. The number of nitrogens with two attached hydrogens (primary N) is 1. The smallest absolute Gasteiger partial charge is 0.145 e. The molecule has 0 bridgehead atoms. The highest BCUT2D eigenvalue weighted by Crippen LogP contribution is 2.29. The highest BCUT2D eigenvalue weighted by molar-refractivity contribution is 9.10. The third kappa shape index (κ3) is 2.83. The van der Waals surface area contributed by atoms with Crippen LogP contribution in [0.25, 0.3) is 10.9 Å². The summed E-state index contributed by atoms with van der Waals surface area (Å²) in [6, 6.07) is 12.5. The summed E-state index contributed by atoms with van der Waals surface area (Å²) in [6.07, 6.45) is 1.73. The molecular formula is C16H12BrFN2O. The molecule has 0 amide bonds. The van der Waals surface area contributed by atoms with E-state index in [0.29, 0.717) is 22.5 Å². The van der Waals surface area contributed by atoms with Gasteiger partial charge in [-0.2, -0.15) is 0 Å². The Bertz CT molecular complexity index is 802. The topological polar surface area (TPSA) is 48.1 Å². The van der Waals surface area contributed by atoms with Crippen molar-refractivity contribution in [3.8, 4) is 5.75 Å². The molecule has 3 nitrogen and oxygen atoms in total. The third-order valence-corrected chi connectivity index (χ3v) is 3.78. The predicted molar refractivity (Wildman–Crippen MR) is 84.6 cm³/mol. The Morgan fingerprint density at radius 1 is 1.19 bits per heavy atom. The molecule has 106 valence electrons. The Morgan fingerprint density at radius 3 is 2.86 bits per heavy atom. The first-order chi connectivity index (χ1) is 10.1. The molecule has 0 saturated heterocycles. The number of aromatic nitrogens is 1.